The number of H-pyrrole nitrogens is 2. The molecule has 6 N–H and O–H groups in total. The van der Waals surface area contributed by atoms with Crippen LogP contribution in [-0.2, 0) is 61.8 Å². The van der Waals surface area contributed by atoms with E-state index in [9.17, 15) is 48.1 Å². The molecule has 0 spiro atoms. The summed E-state index contributed by atoms with van der Waals surface area (Å²) in [7, 11) is -2.73. The number of imidazole rings is 1. The van der Waals surface area contributed by atoms with Gasteiger partial charge in [0.05, 0.1) is 59.0 Å². The van der Waals surface area contributed by atoms with Crippen LogP contribution in [0.4, 0.5) is 11.8 Å². The molecule has 7 heterocycles. The maximum Gasteiger partial charge on any atom is 0.351 e. The molecule has 0 saturated carbocycles. The van der Waals surface area contributed by atoms with Crippen LogP contribution in [0.15, 0.2) is 153 Å². The summed E-state index contributed by atoms with van der Waals surface area (Å²) in [5, 5.41) is 5.21. The number of nitrogens with zero attached hydrogens (tertiary/aromatic N) is 6. The SMILES string of the molecule is COc1ccc(C(OC[C@H]2O[C@@H](n3ccc(NC(=O)c4ccccc4)nc3=O)C[C@@H]2OP(O)OC[C@H]2O[C@@H](n3cc(C)c(=O)[nH]c3=O)C[C@@H]2OP(O)OC[C@H]2O[C@@H](n3cnc4c(=O)[nH]c(NC(=O)C(C)C)nc43)C[C@@H]2OC(=O)CCC(C)=O)(c2ccccc2)c2ccc(OC)cc2)cc1. The van der Waals surface area contributed by atoms with E-state index >= 15 is 0 Å². The van der Waals surface area contributed by atoms with Crippen LogP contribution in [-0.4, -0.2) is 143 Å². The molecule has 11 atom stereocenters. The number of aryl methyl sites for hydroxylation is 1. The third-order valence-corrected chi connectivity index (χ3v) is 18.3. The summed E-state index contributed by atoms with van der Waals surface area (Å²) in [6, 6.07) is 34.0. The largest absolute Gasteiger partial charge is 0.497 e. The lowest BCUT2D eigenvalue weighted by Gasteiger charge is -2.37. The van der Waals surface area contributed by atoms with Crippen molar-refractivity contribution in [2.45, 2.75) is 121 Å². The number of Topliss-reactive ketones (excluding diaryl/α,β-unsaturated/α-hetero) is 1. The van der Waals surface area contributed by atoms with E-state index < -0.39 is 138 Å². The van der Waals surface area contributed by atoms with Gasteiger partial charge in [0.1, 0.15) is 71.8 Å². The number of esters is 1. The maximum atomic E-state index is 14.0. The summed E-state index contributed by atoms with van der Waals surface area (Å²) in [6.07, 6.45) is -6.71. The molecule has 3 aliphatic heterocycles. The number of nitrogens with one attached hydrogen (secondary N) is 4. The fourth-order valence-corrected chi connectivity index (χ4v) is 13.1. The molecule has 522 valence electrons. The van der Waals surface area contributed by atoms with Crippen LogP contribution >= 0.6 is 17.2 Å². The summed E-state index contributed by atoms with van der Waals surface area (Å²) < 4.78 is 71.7. The van der Waals surface area contributed by atoms with Crippen LogP contribution in [0.25, 0.3) is 11.2 Å². The van der Waals surface area contributed by atoms with Crippen molar-refractivity contribution in [3.05, 3.63) is 203 Å². The van der Waals surface area contributed by atoms with Crippen molar-refractivity contribution in [3.8, 4) is 11.5 Å². The number of hydrogen-bond acceptors (Lipinski definition) is 24. The van der Waals surface area contributed by atoms with Gasteiger partial charge in [-0.15, -0.1) is 0 Å². The van der Waals surface area contributed by atoms with Crippen LogP contribution < -0.4 is 42.6 Å². The molecule has 3 fully saturated rings. The molecule has 4 aromatic carbocycles. The number of carbonyl (C=O) groups excluding carboxylic acids is 4. The molecule has 3 saturated heterocycles. The van der Waals surface area contributed by atoms with Gasteiger partial charge in [0, 0.05) is 55.1 Å². The van der Waals surface area contributed by atoms with Crippen LogP contribution in [0.3, 0.4) is 0 Å². The molecule has 31 nitrogen and oxygen atoms in total. The second-order valence-corrected chi connectivity index (χ2v) is 25.6. The molecule has 4 aromatic heterocycles. The van der Waals surface area contributed by atoms with Gasteiger partial charge in [-0.25, -0.2) is 14.6 Å². The fourth-order valence-electron chi connectivity index (χ4n) is 11.5. The van der Waals surface area contributed by atoms with Crippen molar-refractivity contribution in [2.24, 2.45) is 5.92 Å². The van der Waals surface area contributed by atoms with Crippen LogP contribution in [0.5, 0.6) is 11.5 Å². The Morgan fingerprint density at radius 1 is 0.657 bits per heavy atom. The van der Waals surface area contributed by atoms with Crippen molar-refractivity contribution >= 4 is 63.7 Å². The number of ketones is 1. The minimum absolute atomic E-state index is 0.0199. The number of aromatic nitrogens is 8. The standard InChI is InChI=1S/C66H72N10O21P2/c1-37(2)59(79)71-63-70-58-57(62(82)72-63)67-36-76(58)55-29-46(95-56(78)26-17-39(4)77)50(93-55)34-90-98(85)97-48-31-54(75-32-38(3)60(80)73-65(75)84)94-51(48)35-91-99(86)96-47-30-53(74-28-27-52(69-64(74)83)68-61(81)40-13-9-7-10-14-40)92-49(47)33-89-66(41-15-11-8-12-16-41,42-18-22-44(87-5)23-19-42)43-20-24-45(88-6)25-21-43/h7-16,18-25,27-28,32,36-37,46-51,53-55,85-86H,17,26,29-31,33-35H2,1-6H3,(H,73,80,84)(H,68,69,81,83)(H2,70,71,72,79,82)/t46-,47-,48-,49+,50+,51+,53+,54+,55+,98?,99?/m0/s1. The van der Waals surface area contributed by atoms with E-state index in [0.717, 1.165) is 4.57 Å². The summed E-state index contributed by atoms with van der Waals surface area (Å²) >= 11 is 0. The Bertz CT molecular complexity index is 4360. The first-order valence-corrected chi connectivity index (χ1v) is 33.7. The minimum Gasteiger partial charge on any atom is -0.497 e. The van der Waals surface area contributed by atoms with E-state index in [1.165, 1.54) is 47.8 Å². The van der Waals surface area contributed by atoms with Gasteiger partial charge >= 0.3 is 34.6 Å². The van der Waals surface area contributed by atoms with Crippen LogP contribution in [0.2, 0.25) is 0 Å². The topological polar surface area (TPSA) is 388 Å². The number of rotatable bonds is 29. The quantitative estimate of drug-likeness (QED) is 0.0166. The smallest absolute Gasteiger partial charge is 0.351 e. The summed E-state index contributed by atoms with van der Waals surface area (Å²) in [6.45, 7) is 4.88. The maximum absolute atomic E-state index is 14.0. The lowest BCUT2D eigenvalue weighted by molar-refractivity contribution is -0.153. The van der Waals surface area contributed by atoms with Crippen molar-refractivity contribution in [1.29, 1.82) is 0 Å². The second kappa shape index (κ2) is 31.8. The van der Waals surface area contributed by atoms with E-state index in [1.54, 1.807) is 82.7 Å². The highest BCUT2D eigenvalue weighted by atomic mass is 31.2. The van der Waals surface area contributed by atoms with Gasteiger partial charge in [0.2, 0.25) is 11.9 Å². The molecule has 0 bridgehead atoms. The zero-order valence-electron chi connectivity index (χ0n) is 54.4. The highest BCUT2D eigenvalue weighted by Crippen LogP contribution is 2.48. The van der Waals surface area contributed by atoms with E-state index in [4.69, 9.17) is 51.3 Å². The van der Waals surface area contributed by atoms with Gasteiger partial charge in [-0.05, 0) is 73.0 Å². The summed E-state index contributed by atoms with van der Waals surface area (Å²) in [4.78, 5) is 145. The number of aromatic amines is 2. The number of benzene rings is 4. The van der Waals surface area contributed by atoms with Gasteiger partial charge in [-0.1, -0.05) is 86.6 Å². The van der Waals surface area contributed by atoms with Crippen molar-refractivity contribution in [1.82, 2.24) is 38.6 Å². The van der Waals surface area contributed by atoms with E-state index in [2.05, 4.69) is 35.6 Å². The Morgan fingerprint density at radius 3 is 1.78 bits per heavy atom. The van der Waals surface area contributed by atoms with E-state index in [-0.39, 0.29) is 73.0 Å². The average molecular weight is 1400 g/mol. The lowest BCUT2D eigenvalue weighted by atomic mass is 9.80. The Kier molecular flexibility index (Phi) is 22.9. The van der Waals surface area contributed by atoms with Gasteiger partial charge in [-0.2, -0.15) is 9.97 Å². The minimum atomic E-state index is -2.93. The zero-order valence-corrected chi connectivity index (χ0v) is 56.1. The first kappa shape index (κ1) is 71.2. The van der Waals surface area contributed by atoms with E-state index in [0.29, 0.717) is 33.8 Å². The number of fused-ring (bicyclic) bond motifs is 1. The molecule has 2 unspecified atom stereocenters. The zero-order chi connectivity index (χ0) is 70.1. The first-order chi connectivity index (χ1) is 47.7. The normalized spacial score (nSPS) is 21.3. The number of amides is 2. The summed E-state index contributed by atoms with van der Waals surface area (Å²) in [5.41, 5.74) is -1.76. The third kappa shape index (κ3) is 16.8. The number of ether oxygens (including phenoxy) is 7. The molecule has 33 heteroatoms. The molecule has 0 aliphatic carbocycles. The van der Waals surface area contributed by atoms with Gasteiger partial charge in [0.15, 0.2) is 11.2 Å². The second-order valence-electron chi connectivity index (χ2n) is 23.7. The van der Waals surface area contributed by atoms with Crippen molar-refractivity contribution in [3.63, 3.8) is 0 Å². The van der Waals surface area contributed by atoms with Gasteiger partial charge in [0.25, 0.3) is 17.0 Å². The monoisotopic (exact) mass is 1400 g/mol. The van der Waals surface area contributed by atoms with Crippen molar-refractivity contribution in [2.75, 3.05) is 44.7 Å². The van der Waals surface area contributed by atoms with Crippen molar-refractivity contribution < 1.29 is 80.2 Å². The highest BCUT2D eigenvalue weighted by Gasteiger charge is 2.47. The van der Waals surface area contributed by atoms with Crippen LogP contribution in [0.1, 0.15) is 104 Å². The molecule has 11 rings (SSSR count). The number of carbonyl (C=O) groups is 4. The Hall–Kier alpha value is -9.07. The predicted molar refractivity (Wildman–Crippen MR) is 354 cm³/mol. The van der Waals surface area contributed by atoms with Gasteiger partial charge < -0.3 is 71.2 Å². The molecular weight excluding hydrogens is 1330 g/mol. The predicted octanol–water partition coefficient (Wildman–Crippen LogP) is 6.49. The molecular formula is C66H72N10O21P2. The Morgan fingerprint density at radius 2 is 1.20 bits per heavy atom. The number of methoxy groups -OCH3 is 2. The van der Waals surface area contributed by atoms with Crippen LogP contribution in [0, 0.1) is 12.8 Å². The molecule has 3 aliphatic rings. The number of anilines is 2. The lowest BCUT2D eigenvalue weighted by Crippen LogP contribution is -2.38. The first-order valence-electron chi connectivity index (χ1n) is 31.4. The molecule has 99 heavy (non-hydrogen) atoms. The molecule has 2 amide bonds. The third-order valence-electron chi connectivity index (χ3n) is 16.7. The number of hydrogen-bond donors (Lipinski definition) is 6. The highest BCUT2D eigenvalue weighted by molar-refractivity contribution is 7.40. The van der Waals surface area contributed by atoms with Gasteiger partial charge in [-0.3, -0.25) is 53.0 Å². The summed E-state index contributed by atoms with van der Waals surface area (Å²) in [5.74, 6) is -1.35. The van der Waals surface area contributed by atoms with E-state index in [1.807, 2.05) is 54.6 Å². The average Bonchev–Trinajstić information content (AvgIpc) is 1.45. The Labute approximate surface area is 566 Å². The molecule has 8 aromatic rings. The molecule has 0 radical (unpaired) electrons. The fraction of sp³-hybridized carbons (Fsp3) is 0.379. The Balaban J connectivity index is 0.837.